The zero-order valence-electron chi connectivity index (χ0n) is 9.95. The smallest absolute Gasteiger partial charge is 0.193 e. The fourth-order valence-electron chi connectivity index (χ4n) is 2.12. The zero-order valence-corrected chi connectivity index (χ0v) is 10.7. The highest BCUT2D eigenvalue weighted by molar-refractivity contribution is 6.31. The number of carbonyl (C=O) groups excluding carboxylic acids is 1. The molecule has 19 heavy (non-hydrogen) atoms. The molecule has 0 saturated heterocycles. The number of carbonyl (C=O) groups is 1. The summed E-state index contributed by atoms with van der Waals surface area (Å²) in [6.07, 6.45) is 0. The number of ketones is 1. The Hall–Kier alpha value is -1.71. The van der Waals surface area contributed by atoms with E-state index < -0.39 is 5.82 Å². The number of ether oxygens (including phenoxy) is 1. The molecule has 0 aliphatic carbocycles. The van der Waals surface area contributed by atoms with Crippen LogP contribution < -0.4 is 0 Å². The predicted molar refractivity (Wildman–Crippen MR) is 69.8 cm³/mol. The van der Waals surface area contributed by atoms with Crippen LogP contribution in [-0.2, 0) is 18.0 Å². The Balaban J connectivity index is 1.97. The second-order valence-electron chi connectivity index (χ2n) is 4.43. The average Bonchev–Trinajstić information content (AvgIpc) is 2.88. The van der Waals surface area contributed by atoms with Crippen LogP contribution in [0.5, 0.6) is 0 Å². The SMILES string of the molecule is O=C(c1ccc(F)c(Cl)c1)c1ccc2c(c1)COC2. The molecule has 1 aliphatic rings. The van der Waals surface area contributed by atoms with Crippen LogP contribution in [0.2, 0.25) is 5.02 Å². The van der Waals surface area contributed by atoms with Gasteiger partial charge in [-0.05, 0) is 35.4 Å². The third kappa shape index (κ3) is 2.27. The maximum atomic E-state index is 13.1. The Morgan fingerprint density at radius 1 is 1.05 bits per heavy atom. The van der Waals surface area contributed by atoms with Gasteiger partial charge in [-0.1, -0.05) is 23.7 Å². The summed E-state index contributed by atoms with van der Waals surface area (Å²) in [4.78, 5) is 12.3. The Morgan fingerprint density at radius 2 is 1.74 bits per heavy atom. The number of fused-ring (bicyclic) bond motifs is 1. The summed E-state index contributed by atoms with van der Waals surface area (Å²) in [5.41, 5.74) is 3.07. The van der Waals surface area contributed by atoms with Crippen LogP contribution in [0.15, 0.2) is 36.4 Å². The molecular formula is C15H10ClFO2. The standard InChI is InChI=1S/C15H10ClFO2/c16-13-6-10(3-4-14(13)17)15(18)9-1-2-11-7-19-8-12(11)5-9/h1-6H,7-8H2. The molecule has 0 N–H and O–H groups in total. The molecule has 0 saturated carbocycles. The lowest BCUT2D eigenvalue weighted by Gasteiger charge is -2.04. The molecule has 1 aliphatic heterocycles. The molecule has 96 valence electrons. The molecule has 3 rings (SSSR count). The molecular weight excluding hydrogens is 267 g/mol. The van der Waals surface area contributed by atoms with Crippen LogP contribution in [0.3, 0.4) is 0 Å². The Kier molecular flexibility index (Phi) is 3.09. The molecule has 0 atom stereocenters. The summed E-state index contributed by atoms with van der Waals surface area (Å²) >= 11 is 5.69. The van der Waals surface area contributed by atoms with Crippen LogP contribution in [-0.4, -0.2) is 5.78 Å². The van der Waals surface area contributed by atoms with Crippen molar-refractivity contribution in [3.05, 3.63) is 69.5 Å². The van der Waals surface area contributed by atoms with E-state index in [9.17, 15) is 9.18 Å². The van der Waals surface area contributed by atoms with Gasteiger partial charge < -0.3 is 4.74 Å². The van der Waals surface area contributed by atoms with Gasteiger partial charge in [0.05, 0.1) is 18.2 Å². The highest BCUT2D eigenvalue weighted by Crippen LogP contribution is 2.23. The molecule has 0 bridgehead atoms. The molecule has 2 aromatic rings. The van der Waals surface area contributed by atoms with Crippen molar-refractivity contribution >= 4 is 17.4 Å². The number of benzene rings is 2. The fraction of sp³-hybridized carbons (Fsp3) is 0.133. The van der Waals surface area contributed by atoms with Crippen LogP contribution in [0.4, 0.5) is 4.39 Å². The van der Waals surface area contributed by atoms with Gasteiger partial charge in [0.1, 0.15) is 5.82 Å². The summed E-state index contributed by atoms with van der Waals surface area (Å²) in [6, 6.07) is 9.46. The van der Waals surface area contributed by atoms with E-state index >= 15 is 0 Å². The van der Waals surface area contributed by atoms with Crippen molar-refractivity contribution in [3.8, 4) is 0 Å². The summed E-state index contributed by atoms with van der Waals surface area (Å²) in [6.45, 7) is 1.12. The van der Waals surface area contributed by atoms with Crippen molar-refractivity contribution in [2.45, 2.75) is 13.2 Å². The maximum Gasteiger partial charge on any atom is 0.193 e. The van der Waals surface area contributed by atoms with Crippen molar-refractivity contribution in [1.82, 2.24) is 0 Å². The van der Waals surface area contributed by atoms with Gasteiger partial charge in [0.15, 0.2) is 5.78 Å². The second kappa shape index (κ2) is 4.76. The molecule has 0 fully saturated rings. The van der Waals surface area contributed by atoms with Gasteiger partial charge in [0.25, 0.3) is 0 Å². The Morgan fingerprint density at radius 3 is 2.53 bits per heavy atom. The summed E-state index contributed by atoms with van der Waals surface area (Å²) in [5.74, 6) is -0.697. The minimum atomic E-state index is -0.527. The molecule has 4 heteroatoms. The molecule has 2 aromatic carbocycles. The number of hydrogen-bond acceptors (Lipinski definition) is 2. The first kappa shape index (κ1) is 12.3. The molecule has 0 aromatic heterocycles. The first-order chi connectivity index (χ1) is 9.15. The summed E-state index contributed by atoms with van der Waals surface area (Å²) in [7, 11) is 0. The minimum Gasteiger partial charge on any atom is -0.372 e. The van der Waals surface area contributed by atoms with Gasteiger partial charge in [0.2, 0.25) is 0 Å². The van der Waals surface area contributed by atoms with E-state index in [0.717, 1.165) is 11.1 Å². The van der Waals surface area contributed by atoms with Gasteiger partial charge in [-0.2, -0.15) is 0 Å². The van der Waals surface area contributed by atoms with Crippen molar-refractivity contribution in [2.75, 3.05) is 0 Å². The van der Waals surface area contributed by atoms with E-state index in [1.54, 1.807) is 6.07 Å². The van der Waals surface area contributed by atoms with Crippen LogP contribution >= 0.6 is 11.6 Å². The van der Waals surface area contributed by atoms with E-state index in [1.165, 1.54) is 18.2 Å². The third-order valence-corrected chi connectivity index (χ3v) is 3.46. The molecule has 0 amide bonds. The van der Waals surface area contributed by atoms with Gasteiger partial charge in [-0.25, -0.2) is 4.39 Å². The molecule has 0 unspecified atom stereocenters. The van der Waals surface area contributed by atoms with Crippen molar-refractivity contribution in [1.29, 1.82) is 0 Å². The monoisotopic (exact) mass is 276 g/mol. The van der Waals surface area contributed by atoms with Gasteiger partial charge in [0, 0.05) is 11.1 Å². The first-order valence-electron chi connectivity index (χ1n) is 5.84. The second-order valence-corrected chi connectivity index (χ2v) is 4.84. The number of halogens is 2. The van der Waals surface area contributed by atoms with E-state index in [1.807, 2.05) is 12.1 Å². The maximum absolute atomic E-state index is 13.1. The normalized spacial score (nSPS) is 13.4. The van der Waals surface area contributed by atoms with E-state index in [4.69, 9.17) is 16.3 Å². The number of hydrogen-bond donors (Lipinski definition) is 0. The van der Waals surface area contributed by atoms with Crippen molar-refractivity contribution in [3.63, 3.8) is 0 Å². The number of rotatable bonds is 2. The van der Waals surface area contributed by atoms with Gasteiger partial charge in [-0.3, -0.25) is 4.79 Å². The summed E-state index contributed by atoms with van der Waals surface area (Å²) in [5, 5.41) is -0.0460. The average molecular weight is 277 g/mol. The van der Waals surface area contributed by atoms with Crippen LogP contribution in [0.1, 0.15) is 27.0 Å². The topological polar surface area (TPSA) is 26.3 Å². The highest BCUT2D eigenvalue weighted by Gasteiger charge is 2.16. The lowest BCUT2D eigenvalue weighted by molar-refractivity contribution is 0.103. The predicted octanol–water partition coefficient (Wildman–Crippen LogP) is 3.74. The molecule has 0 radical (unpaired) electrons. The lowest BCUT2D eigenvalue weighted by atomic mass is 9.99. The molecule has 2 nitrogen and oxygen atoms in total. The zero-order chi connectivity index (χ0) is 13.4. The van der Waals surface area contributed by atoms with Crippen LogP contribution in [0.25, 0.3) is 0 Å². The van der Waals surface area contributed by atoms with Gasteiger partial charge in [-0.15, -0.1) is 0 Å². The van der Waals surface area contributed by atoms with Crippen LogP contribution in [0, 0.1) is 5.82 Å². The summed E-state index contributed by atoms with van der Waals surface area (Å²) < 4.78 is 18.4. The third-order valence-electron chi connectivity index (χ3n) is 3.17. The largest absolute Gasteiger partial charge is 0.372 e. The highest BCUT2D eigenvalue weighted by atomic mass is 35.5. The lowest BCUT2D eigenvalue weighted by Crippen LogP contribution is -2.02. The van der Waals surface area contributed by atoms with E-state index in [-0.39, 0.29) is 10.8 Å². The first-order valence-corrected chi connectivity index (χ1v) is 6.22. The van der Waals surface area contributed by atoms with Gasteiger partial charge >= 0.3 is 0 Å². The molecule has 1 heterocycles. The van der Waals surface area contributed by atoms with E-state index in [2.05, 4.69) is 0 Å². The Labute approximate surface area is 114 Å². The quantitative estimate of drug-likeness (QED) is 0.781. The van der Waals surface area contributed by atoms with E-state index in [0.29, 0.717) is 24.3 Å². The van der Waals surface area contributed by atoms with Crippen molar-refractivity contribution in [2.24, 2.45) is 0 Å². The molecule has 0 spiro atoms. The fourth-order valence-corrected chi connectivity index (χ4v) is 2.30. The Bertz CT molecular complexity index is 667. The minimum absolute atomic E-state index is 0.0460. The van der Waals surface area contributed by atoms with Crippen molar-refractivity contribution < 1.29 is 13.9 Å².